The van der Waals surface area contributed by atoms with Gasteiger partial charge in [-0.1, -0.05) is 30.3 Å². The molecule has 0 N–H and O–H groups in total. The average molecular weight is 308 g/mol. The van der Waals surface area contributed by atoms with E-state index < -0.39 is 0 Å². The van der Waals surface area contributed by atoms with Gasteiger partial charge in [-0.25, -0.2) is 0 Å². The van der Waals surface area contributed by atoms with Crippen LogP contribution in [0.4, 0.5) is 5.69 Å². The van der Waals surface area contributed by atoms with Crippen LogP contribution in [0.5, 0.6) is 11.5 Å². The quantitative estimate of drug-likeness (QED) is 0.778. The highest BCUT2D eigenvalue weighted by Crippen LogP contribution is 2.48. The smallest absolute Gasteiger partial charge is 0.150 e. The number of para-hydroxylation sites is 3. The summed E-state index contributed by atoms with van der Waals surface area (Å²) in [5, 5.41) is 0. The van der Waals surface area contributed by atoms with E-state index in [2.05, 4.69) is 73.3 Å². The van der Waals surface area contributed by atoms with Gasteiger partial charge in [-0.15, -0.1) is 0 Å². The van der Waals surface area contributed by atoms with Gasteiger partial charge in [-0.3, -0.25) is 0 Å². The molecular weight excluding hydrogens is 284 g/mol. The zero-order valence-electron chi connectivity index (χ0n) is 14.1. The molecule has 0 radical (unpaired) electrons. The minimum atomic E-state index is 0.384. The summed E-state index contributed by atoms with van der Waals surface area (Å²) in [7, 11) is 4.39. The minimum Gasteiger partial charge on any atom is -0.455 e. The maximum atomic E-state index is 6.37. The SMILES string of the molecule is Cc1cccc2c1Oc1ccccc1N1CCC(N(C)C)CC21. The maximum absolute atomic E-state index is 6.37. The lowest BCUT2D eigenvalue weighted by molar-refractivity contribution is 0.225. The highest BCUT2D eigenvalue weighted by molar-refractivity contribution is 5.65. The molecule has 0 aliphatic carbocycles. The Labute approximate surface area is 138 Å². The zero-order valence-corrected chi connectivity index (χ0v) is 14.1. The monoisotopic (exact) mass is 308 g/mol. The topological polar surface area (TPSA) is 15.7 Å². The van der Waals surface area contributed by atoms with Crippen molar-refractivity contribution in [1.29, 1.82) is 0 Å². The van der Waals surface area contributed by atoms with Gasteiger partial charge in [0.05, 0.1) is 11.7 Å². The summed E-state index contributed by atoms with van der Waals surface area (Å²) >= 11 is 0. The summed E-state index contributed by atoms with van der Waals surface area (Å²) in [5.41, 5.74) is 3.77. The number of aryl methyl sites for hydroxylation is 1. The number of hydrogen-bond donors (Lipinski definition) is 0. The van der Waals surface area contributed by atoms with E-state index in [0.29, 0.717) is 12.1 Å². The third kappa shape index (κ3) is 2.40. The van der Waals surface area contributed by atoms with E-state index >= 15 is 0 Å². The molecule has 4 rings (SSSR count). The van der Waals surface area contributed by atoms with E-state index in [0.717, 1.165) is 24.5 Å². The third-order valence-corrected chi connectivity index (χ3v) is 5.29. The standard InChI is InChI=1S/C20H24N2O/c1-14-7-6-8-16-18-13-15(21(2)3)11-12-22(18)17-9-4-5-10-19(17)23-20(14)16/h4-10,15,18H,11-13H2,1-3H3. The van der Waals surface area contributed by atoms with Crippen molar-refractivity contribution in [3.05, 3.63) is 53.6 Å². The number of fused-ring (bicyclic) bond motifs is 5. The van der Waals surface area contributed by atoms with Crippen LogP contribution in [0.1, 0.15) is 30.0 Å². The van der Waals surface area contributed by atoms with Crippen LogP contribution in [-0.2, 0) is 0 Å². The van der Waals surface area contributed by atoms with Gasteiger partial charge in [0.25, 0.3) is 0 Å². The van der Waals surface area contributed by atoms with Crippen LogP contribution in [0.3, 0.4) is 0 Å². The van der Waals surface area contributed by atoms with Crippen LogP contribution in [-0.4, -0.2) is 31.6 Å². The number of nitrogens with zero attached hydrogens (tertiary/aromatic N) is 2. The van der Waals surface area contributed by atoms with Gasteiger partial charge in [0, 0.05) is 18.2 Å². The fourth-order valence-electron chi connectivity index (χ4n) is 3.97. The molecule has 2 heterocycles. The van der Waals surface area contributed by atoms with Gasteiger partial charge in [-0.05, 0) is 51.6 Å². The lowest BCUT2D eigenvalue weighted by Crippen LogP contribution is -2.43. The van der Waals surface area contributed by atoms with E-state index in [9.17, 15) is 0 Å². The Bertz CT molecular complexity index is 725. The molecule has 1 saturated heterocycles. The molecule has 3 nitrogen and oxygen atoms in total. The number of hydrogen-bond acceptors (Lipinski definition) is 3. The Kier molecular flexibility index (Phi) is 3.53. The van der Waals surface area contributed by atoms with Crippen molar-refractivity contribution in [2.45, 2.75) is 31.8 Å². The lowest BCUT2D eigenvalue weighted by Gasteiger charge is -2.42. The highest BCUT2D eigenvalue weighted by Gasteiger charge is 2.36. The summed E-state index contributed by atoms with van der Waals surface area (Å²) in [4.78, 5) is 4.91. The van der Waals surface area contributed by atoms with Gasteiger partial charge in [0.1, 0.15) is 5.75 Å². The molecule has 2 aromatic carbocycles. The Morgan fingerprint density at radius 2 is 1.91 bits per heavy atom. The van der Waals surface area contributed by atoms with E-state index in [-0.39, 0.29) is 0 Å². The zero-order chi connectivity index (χ0) is 16.0. The number of rotatable bonds is 1. The first-order valence-corrected chi connectivity index (χ1v) is 8.44. The maximum Gasteiger partial charge on any atom is 0.150 e. The second kappa shape index (κ2) is 5.57. The van der Waals surface area contributed by atoms with Crippen molar-refractivity contribution < 1.29 is 4.74 Å². The molecule has 0 saturated carbocycles. The number of benzene rings is 2. The molecule has 0 spiro atoms. The van der Waals surface area contributed by atoms with Crippen molar-refractivity contribution >= 4 is 5.69 Å². The molecule has 0 amide bonds. The van der Waals surface area contributed by atoms with Gasteiger partial charge in [0.15, 0.2) is 5.75 Å². The van der Waals surface area contributed by atoms with Crippen molar-refractivity contribution in [3.8, 4) is 11.5 Å². The summed E-state index contributed by atoms with van der Waals surface area (Å²) < 4.78 is 6.37. The Balaban J connectivity index is 1.87. The summed E-state index contributed by atoms with van der Waals surface area (Å²) in [6, 6.07) is 16.0. The predicted octanol–water partition coefficient (Wildman–Crippen LogP) is 4.37. The van der Waals surface area contributed by atoms with Gasteiger partial charge in [-0.2, -0.15) is 0 Å². The Morgan fingerprint density at radius 3 is 2.74 bits per heavy atom. The molecule has 3 heteroatoms. The van der Waals surface area contributed by atoms with Crippen molar-refractivity contribution in [2.75, 3.05) is 25.5 Å². The van der Waals surface area contributed by atoms with Gasteiger partial charge < -0.3 is 14.5 Å². The predicted molar refractivity (Wildman–Crippen MR) is 94.5 cm³/mol. The van der Waals surface area contributed by atoms with Crippen molar-refractivity contribution in [2.24, 2.45) is 0 Å². The molecular formula is C20H24N2O. The minimum absolute atomic E-state index is 0.384. The number of ether oxygens (including phenoxy) is 1. The van der Waals surface area contributed by atoms with E-state index in [1.54, 1.807) is 0 Å². The van der Waals surface area contributed by atoms with E-state index in [1.165, 1.54) is 23.2 Å². The van der Waals surface area contributed by atoms with Crippen molar-refractivity contribution in [1.82, 2.24) is 4.90 Å². The van der Waals surface area contributed by atoms with E-state index in [1.807, 2.05) is 0 Å². The van der Waals surface area contributed by atoms with Gasteiger partial charge in [0.2, 0.25) is 0 Å². The number of piperidine rings is 1. The van der Waals surface area contributed by atoms with Crippen LogP contribution >= 0.6 is 0 Å². The lowest BCUT2D eigenvalue weighted by atomic mass is 9.89. The van der Waals surface area contributed by atoms with E-state index in [4.69, 9.17) is 4.74 Å². The van der Waals surface area contributed by atoms with Crippen molar-refractivity contribution in [3.63, 3.8) is 0 Å². The molecule has 120 valence electrons. The summed E-state index contributed by atoms with van der Waals surface area (Å²) in [6.07, 6.45) is 2.33. The third-order valence-electron chi connectivity index (χ3n) is 5.29. The first-order valence-electron chi connectivity index (χ1n) is 8.44. The normalized spacial score (nSPS) is 22.7. The molecule has 2 aliphatic heterocycles. The molecule has 23 heavy (non-hydrogen) atoms. The van der Waals surface area contributed by atoms with Gasteiger partial charge >= 0.3 is 0 Å². The molecule has 2 atom stereocenters. The molecule has 0 bridgehead atoms. The summed E-state index contributed by atoms with van der Waals surface area (Å²) in [5.74, 6) is 2.03. The molecule has 0 aromatic heterocycles. The summed E-state index contributed by atoms with van der Waals surface area (Å²) in [6.45, 7) is 3.21. The van der Waals surface area contributed by atoms with Crippen LogP contribution < -0.4 is 9.64 Å². The molecule has 1 fully saturated rings. The van der Waals surface area contributed by atoms with Crippen LogP contribution in [0.15, 0.2) is 42.5 Å². The van der Waals surface area contributed by atoms with Crippen LogP contribution in [0, 0.1) is 6.92 Å². The fourth-order valence-corrected chi connectivity index (χ4v) is 3.97. The highest BCUT2D eigenvalue weighted by atomic mass is 16.5. The van der Waals surface area contributed by atoms with Crippen LogP contribution in [0.25, 0.3) is 0 Å². The molecule has 2 aliphatic rings. The second-order valence-electron chi connectivity index (χ2n) is 6.91. The molecule has 2 unspecified atom stereocenters. The van der Waals surface area contributed by atoms with Crippen LogP contribution in [0.2, 0.25) is 0 Å². The fraction of sp³-hybridized carbons (Fsp3) is 0.400. The molecule has 2 aromatic rings. The second-order valence-corrected chi connectivity index (χ2v) is 6.91. The largest absolute Gasteiger partial charge is 0.455 e. The first kappa shape index (κ1) is 14.6. The number of anilines is 1. The average Bonchev–Trinajstić information content (AvgIpc) is 2.70. The Hall–Kier alpha value is -2.00. The Morgan fingerprint density at radius 1 is 1.09 bits per heavy atom. The first-order chi connectivity index (χ1) is 11.1.